The Morgan fingerprint density at radius 2 is 2.11 bits per heavy atom. The molecule has 1 aromatic heterocycles. The largest absolute Gasteiger partial charge is 0.468 e. The van der Waals surface area contributed by atoms with Gasteiger partial charge in [0.05, 0.1) is 7.11 Å². The maximum absolute atomic E-state index is 11.8. The molecule has 0 saturated heterocycles. The summed E-state index contributed by atoms with van der Waals surface area (Å²) in [6.07, 6.45) is 0.944. The first-order chi connectivity index (χ1) is 8.92. The molecule has 1 rings (SSSR count). The zero-order valence-electron chi connectivity index (χ0n) is 12.9. The maximum Gasteiger partial charge on any atom is 0.323 e. The third-order valence-electron chi connectivity index (χ3n) is 4.06. The number of aromatic nitrogens is 1. The van der Waals surface area contributed by atoms with E-state index < -0.39 is 0 Å². The molecule has 2 unspecified atom stereocenters. The Balaban J connectivity index is 2.76. The molecule has 0 amide bonds. The molecule has 0 aromatic carbocycles. The summed E-state index contributed by atoms with van der Waals surface area (Å²) in [7, 11) is 3.50. The van der Waals surface area contributed by atoms with Gasteiger partial charge in [0.2, 0.25) is 0 Å². The zero-order chi connectivity index (χ0) is 14.6. The van der Waals surface area contributed by atoms with Crippen molar-refractivity contribution in [2.24, 2.45) is 13.0 Å². The average Bonchev–Trinajstić information content (AvgIpc) is 2.65. The van der Waals surface area contributed by atoms with Gasteiger partial charge in [-0.25, -0.2) is 0 Å². The van der Waals surface area contributed by atoms with Crippen LogP contribution in [0.1, 0.15) is 37.2 Å². The second-order valence-electron chi connectivity index (χ2n) is 5.22. The Morgan fingerprint density at radius 3 is 2.53 bits per heavy atom. The van der Waals surface area contributed by atoms with Gasteiger partial charge < -0.3 is 14.6 Å². The molecule has 1 aromatic rings. The summed E-state index contributed by atoms with van der Waals surface area (Å²) in [4.78, 5) is 11.8. The molecule has 108 valence electrons. The number of nitrogens with zero attached hydrogens (tertiary/aromatic N) is 1. The van der Waals surface area contributed by atoms with Crippen molar-refractivity contribution in [2.45, 2.75) is 46.7 Å². The molecule has 2 atom stereocenters. The zero-order valence-corrected chi connectivity index (χ0v) is 12.9. The van der Waals surface area contributed by atoms with Gasteiger partial charge in [-0.1, -0.05) is 20.3 Å². The summed E-state index contributed by atoms with van der Waals surface area (Å²) in [6, 6.07) is 1.92. The number of nitrogens with one attached hydrogen (secondary N) is 1. The fraction of sp³-hybridized carbons (Fsp3) is 0.667. The van der Waals surface area contributed by atoms with Crippen LogP contribution < -0.4 is 5.32 Å². The molecule has 0 bridgehead atoms. The molecule has 1 N–H and O–H groups in total. The van der Waals surface area contributed by atoms with E-state index in [0.717, 1.165) is 6.42 Å². The number of hydrogen-bond donors (Lipinski definition) is 1. The summed E-state index contributed by atoms with van der Waals surface area (Å²) < 4.78 is 7.04. The van der Waals surface area contributed by atoms with Crippen LogP contribution in [0.3, 0.4) is 0 Å². The highest BCUT2D eigenvalue weighted by atomic mass is 16.5. The van der Waals surface area contributed by atoms with Crippen LogP contribution in [-0.2, 0) is 23.1 Å². The Labute approximate surface area is 116 Å². The van der Waals surface area contributed by atoms with Crippen LogP contribution in [0, 0.1) is 19.8 Å². The van der Waals surface area contributed by atoms with Crippen molar-refractivity contribution < 1.29 is 9.53 Å². The number of methoxy groups -OCH3 is 1. The minimum Gasteiger partial charge on any atom is -0.468 e. The molecule has 4 nitrogen and oxygen atoms in total. The first-order valence-electron chi connectivity index (χ1n) is 6.85. The van der Waals surface area contributed by atoms with Crippen LogP contribution in [0.25, 0.3) is 0 Å². The smallest absolute Gasteiger partial charge is 0.323 e. The van der Waals surface area contributed by atoms with E-state index in [1.54, 1.807) is 0 Å². The maximum atomic E-state index is 11.8. The van der Waals surface area contributed by atoms with Gasteiger partial charge in [0, 0.05) is 25.0 Å². The molecule has 19 heavy (non-hydrogen) atoms. The van der Waals surface area contributed by atoms with Crippen molar-refractivity contribution in [3.8, 4) is 0 Å². The topological polar surface area (TPSA) is 43.3 Å². The van der Waals surface area contributed by atoms with Crippen molar-refractivity contribution in [2.75, 3.05) is 7.11 Å². The summed E-state index contributed by atoms with van der Waals surface area (Å²) in [5, 5.41) is 3.33. The molecule has 0 aliphatic carbocycles. The Bertz CT molecular complexity index is 438. The third kappa shape index (κ3) is 3.60. The van der Waals surface area contributed by atoms with Crippen LogP contribution in [0.5, 0.6) is 0 Å². The van der Waals surface area contributed by atoms with E-state index in [-0.39, 0.29) is 17.9 Å². The van der Waals surface area contributed by atoms with Gasteiger partial charge in [-0.2, -0.15) is 0 Å². The summed E-state index contributed by atoms with van der Waals surface area (Å²) >= 11 is 0. The van der Waals surface area contributed by atoms with Crippen LogP contribution in [0.2, 0.25) is 0 Å². The van der Waals surface area contributed by atoms with E-state index in [2.05, 4.69) is 50.7 Å². The fourth-order valence-electron chi connectivity index (χ4n) is 2.21. The number of rotatable bonds is 6. The monoisotopic (exact) mass is 266 g/mol. The molecule has 0 saturated carbocycles. The van der Waals surface area contributed by atoms with E-state index in [9.17, 15) is 4.79 Å². The Kier molecular flexibility index (Phi) is 5.60. The first-order valence-corrected chi connectivity index (χ1v) is 6.85. The van der Waals surface area contributed by atoms with E-state index in [4.69, 9.17) is 4.74 Å². The lowest BCUT2D eigenvalue weighted by molar-refractivity contribution is -0.144. The van der Waals surface area contributed by atoms with E-state index >= 15 is 0 Å². The molecular formula is C15H26N2O2. The Morgan fingerprint density at radius 1 is 1.47 bits per heavy atom. The second-order valence-corrected chi connectivity index (χ2v) is 5.22. The van der Waals surface area contributed by atoms with Crippen molar-refractivity contribution in [3.05, 3.63) is 23.0 Å². The highest BCUT2D eigenvalue weighted by Crippen LogP contribution is 2.15. The minimum atomic E-state index is -0.241. The van der Waals surface area contributed by atoms with Crippen molar-refractivity contribution in [1.82, 2.24) is 9.88 Å². The van der Waals surface area contributed by atoms with Crippen molar-refractivity contribution >= 4 is 5.97 Å². The molecule has 4 heteroatoms. The van der Waals surface area contributed by atoms with Gasteiger partial charge in [0.25, 0.3) is 0 Å². The number of hydrogen-bond acceptors (Lipinski definition) is 3. The van der Waals surface area contributed by atoms with Crippen LogP contribution >= 0.6 is 0 Å². The number of aryl methyl sites for hydroxylation is 1. The summed E-state index contributed by atoms with van der Waals surface area (Å²) in [5.41, 5.74) is 3.70. The van der Waals surface area contributed by atoms with E-state index in [1.807, 2.05) is 0 Å². The van der Waals surface area contributed by atoms with Crippen LogP contribution in [0.4, 0.5) is 0 Å². The predicted octanol–water partition coefficient (Wildman–Crippen LogP) is 2.32. The number of carbonyl (C=O) groups is 1. The second kappa shape index (κ2) is 6.75. The summed E-state index contributed by atoms with van der Waals surface area (Å²) in [6.45, 7) is 9.03. The highest BCUT2D eigenvalue weighted by molar-refractivity contribution is 5.76. The van der Waals surface area contributed by atoms with Crippen LogP contribution in [0.15, 0.2) is 6.07 Å². The van der Waals surface area contributed by atoms with E-state index in [0.29, 0.717) is 6.54 Å². The molecule has 1 heterocycles. The van der Waals surface area contributed by atoms with Gasteiger partial charge in [-0.3, -0.25) is 4.79 Å². The van der Waals surface area contributed by atoms with Gasteiger partial charge in [0.15, 0.2) is 0 Å². The number of ether oxygens (including phenoxy) is 1. The van der Waals surface area contributed by atoms with E-state index in [1.165, 1.54) is 24.1 Å². The fourth-order valence-corrected chi connectivity index (χ4v) is 2.21. The molecule has 0 aliphatic rings. The minimum absolute atomic E-state index is 0.181. The highest BCUT2D eigenvalue weighted by Gasteiger charge is 2.24. The lowest BCUT2D eigenvalue weighted by Crippen LogP contribution is -2.42. The number of carbonyl (C=O) groups excluding carboxylic acids is 1. The normalized spacial score (nSPS) is 14.2. The molecular weight excluding hydrogens is 240 g/mol. The predicted molar refractivity (Wildman–Crippen MR) is 77.0 cm³/mol. The van der Waals surface area contributed by atoms with Crippen molar-refractivity contribution in [1.29, 1.82) is 0 Å². The standard InChI is InChI=1S/C15H26N2O2/c1-7-10(2)14(15(18)19-6)16-9-13-8-11(3)17(5)12(13)4/h8,10,14,16H,7,9H2,1-6H3. The summed E-state index contributed by atoms with van der Waals surface area (Å²) in [5.74, 6) is 0.0808. The lowest BCUT2D eigenvalue weighted by Gasteiger charge is -2.21. The molecule has 0 spiro atoms. The molecule has 0 radical (unpaired) electrons. The number of esters is 1. The van der Waals surface area contributed by atoms with Crippen molar-refractivity contribution in [3.63, 3.8) is 0 Å². The first kappa shape index (κ1) is 15.8. The third-order valence-corrected chi connectivity index (χ3v) is 4.06. The SMILES string of the molecule is CCC(C)C(NCc1cc(C)n(C)c1C)C(=O)OC. The average molecular weight is 266 g/mol. The quantitative estimate of drug-likeness (QED) is 0.804. The molecule has 0 aliphatic heterocycles. The van der Waals surface area contributed by atoms with Gasteiger partial charge >= 0.3 is 5.97 Å². The van der Waals surface area contributed by atoms with Gasteiger partial charge in [-0.05, 0) is 31.4 Å². The van der Waals surface area contributed by atoms with Gasteiger partial charge in [0.1, 0.15) is 6.04 Å². The Hall–Kier alpha value is -1.29. The van der Waals surface area contributed by atoms with Crippen LogP contribution in [-0.4, -0.2) is 23.7 Å². The molecule has 0 fully saturated rings. The lowest BCUT2D eigenvalue weighted by atomic mass is 9.99. The van der Waals surface area contributed by atoms with Gasteiger partial charge in [-0.15, -0.1) is 0 Å².